The Bertz CT molecular complexity index is 1210. The molecule has 0 radical (unpaired) electrons. The van der Waals surface area contributed by atoms with Gasteiger partial charge in [0.2, 0.25) is 0 Å². The van der Waals surface area contributed by atoms with Gasteiger partial charge in [-0.25, -0.2) is 4.79 Å². The highest BCUT2D eigenvalue weighted by Crippen LogP contribution is 2.52. The summed E-state index contributed by atoms with van der Waals surface area (Å²) in [4.78, 5) is 11.5. The van der Waals surface area contributed by atoms with Crippen molar-refractivity contribution in [3.05, 3.63) is 105 Å². The Labute approximate surface area is 196 Å². The molecule has 3 aromatic rings. The second-order valence-corrected chi connectivity index (χ2v) is 8.97. The van der Waals surface area contributed by atoms with E-state index < -0.39 is 5.97 Å². The van der Waals surface area contributed by atoms with E-state index in [9.17, 15) is 9.90 Å². The lowest BCUT2D eigenvalue weighted by molar-refractivity contribution is 0.0696. The number of nitrogens with one attached hydrogen (secondary N) is 1. The first kappa shape index (κ1) is 20.9. The monoisotopic (exact) mass is 465 g/mol. The lowest BCUT2D eigenvalue weighted by atomic mass is 9.76. The van der Waals surface area contributed by atoms with E-state index in [1.165, 1.54) is 6.07 Å². The van der Waals surface area contributed by atoms with Gasteiger partial charge < -0.3 is 15.2 Å². The maximum atomic E-state index is 11.5. The summed E-state index contributed by atoms with van der Waals surface area (Å²) in [5.74, 6) is 0.222. The summed E-state index contributed by atoms with van der Waals surface area (Å²) < 4.78 is 5.92. The van der Waals surface area contributed by atoms with E-state index in [2.05, 4.69) is 29.6 Å². The molecular formula is C26H21Cl2NO3. The smallest absolute Gasteiger partial charge is 0.335 e. The molecular weight excluding hydrogens is 445 g/mol. The SMILES string of the molecule is O=C(O)c1cc(Cl)c2c(c1)[C@@H]1C=CC[C@@H]1[C@H](c1ccc(OCc3ccccc3Cl)cc1)N2. The fourth-order valence-electron chi connectivity index (χ4n) is 4.66. The Hall–Kier alpha value is -2.95. The summed E-state index contributed by atoms with van der Waals surface area (Å²) >= 11 is 12.7. The number of carboxylic acid groups (broad SMARTS) is 1. The van der Waals surface area contributed by atoms with Crippen LogP contribution in [0.15, 0.2) is 72.8 Å². The first-order valence-corrected chi connectivity index (χ1v) is 11.2. The van der Waals surface area contributed by atoms with Gasteiger partial charge in [0.05, 0.1) is 22.3 Å². The lowest BCUT2D eigenvalue weighted by Gasteiger charge is -2.38. The zero-order valence-electron chi connectivity index (χ0n) is 17.1. The molecule has 5 rings (SSSR count). The predicted molar refractivity (Wildman–Crippen MR) is 127 cm³/mol. The Balaban J connectivity index is 1.38. The van der Waals surface area contributed by atoms with Gasteiger partial charge in [0.15, 0.2) is 0 Å². The van der Waals surface area contributed by atoms with Crippen molar-refractivity contribution in [1.29, 1.82) is 0 Å². The van der Waals surface area contributed by atoms with Crippen molar-refractivity contribution in [2.45, 2.75) is 25.0 Å². The number of benzene rings is 3. The molecule has 32 heavy (non-hydrogen) atoms. The van der Waals surface area contributed by atoms with Crippen molar-refractivity contribution in [3.8, 4) is 5.75 Å². The molecule has 0 unspecified atom stereocenters. The second-order valence-electron chi connectivity index (χ2n) is 8.15. The highest BCUT2D eigenvalue weighted by atomic mass is 35.5. The molecule has 0 fully saturated rings. The highest BCUT2D eigenvalue weighted by Gasteiger charge is 2.39. The largest absolute Gasteiger partial charge is 0.489 e. The quantitative estimate of drug-likeness (QED) is 0.394. The fraction of sp³-hybridized carbons (Fsp3) is 0.192. The van der Waals surface area contributed by atoms with E-state index in [1.54, 1.807) is 6.07 Å². The van der Waals surface area contributed by atoms with Crippen LogP contribution in [0.1, 0.15) is 45.4 Å². The third-order valence-corrected chi connectivity index (χ3v) is 6.93. The van der Waals surface area contributed by atoms with Crippen LogP contribution in [0, 0.1) is 5.92 Å². The third kappa shape index (κ3) is 3.85. The molecule has 6 heteroatoms. The van der Waals surface area contributed by atoms with Gasteiger partial charge in [0, 0.05) is 16.5 Å². The Morgan fingerprint density at radius 2 is 1.84 bits per heavy atom. The molecule has 3 atom stereocenters. The van der Waals surface area contributed by atoms with Crippen LogP contribution < -0.4 is 10.1 Å². The average molecular weight is 466 g/mol. The van der Waals surface area contributed by atoms with E-state index >= 15 is 0 Å². The number of fused-ring (bicyclic) bond motifs is 3. The first-order chi connectivity index (χ1) is 15.5. The van der Waals surface area contributed by atoms with Crippen molar-refractivity contribution in [2.75, 3.05) is 5.32 Å². The predicted octanol–water partition coefficient (Wildman–Crippen LogP) is 7.10. The number of ether oxygens (including phenoxy) is 1. The summed E-state index contributed by atoms with van der Waals surface area (Å²) in [6.07, 6.45) is 5.25. The minimum Gasteiger partial charge on any atom is -0.489 e. The number of allylic oxidation sites excluding steroid dienone is 2. The number of rotatable bonds is 5. The van der Waals surface area contributed by atoms with Gasteiger partial charge in [-0.15, -0.1) is 0 Å². The molecule has 0 aromatic heterocycles. The Kier molecular flexibility index (Phi) is 5.58. The summed E-state index contributed by atoms with van der Waals surface area (Å²) in [7, 11) is 0. The van der Waals surface area contributed by atoms with Crippen LogP contribution in [0.25, 0.3) is 0 Å². The van der Waals surface area contributed by atoms with Gasteiger partial charge in [-0.05, 0) is 53.8 Å². The van der Waals surface area contributed by atoms with E-state index in [4.69, 9.17) is 27.9 Å². The molecule has 0 saturated carbocycles. The topological polar surface area (TPSA) is 58.6 Å². The molecule has 1 aliphatic carbocycles. The van der Waals surface area contributed by atoms with E-state index in [-0.39, 0.29) is 23.4 Å². The number of carbonyl (C=O) groups is 1. The number of carboxylic acids is 1. The van der Waals surface area contributed by atoms with Crippen LogP contribution in [-0.2, 0) is 6.61 Å². The molecule has 162 valence electrons. The number of hydrogen-bond acceptors (Lipinski definition) is 3. The van der Waals surface area contributed by atoms with Crippen molar-refractivity contribution in [1.82, 2.24) is 0 Å². The molecule has 3 aromatic carbocycles. The second kappa shape index (κ2) is 8.53. The van der Waals surface area contributed by atoms with Gasteiger partial charge in [0.25, 0.3) is 0 Å². The van der Waals surface area contributed by atoms with Crippen LogP contribution in [0.5, 0.6) is 5.75 Å². The maximum absolute atomic E-state index is 11.5. The van der Waals surface area contributed by atoms with Crippen LogP contribution in [-0.4, -0.2) is 11.1 Å². The summed E-state index contributed by atoms with van der Waals surface area (Å²) in [5.41, 5.74) is 4.06. The molecule has 2 aliphatic rings. The minimum absolute atomic E-state index is 0.0632. The summed E-state index contributed by atoms with van der Waals surface area (Å²) in [6, 6.07) is 19.0. The molecule has 0 amide bonds. The van der Waals surface area contributed by atoms with Crippen molar-refractivity contribution >= 4 is 34.9 Å². The normalized spacial score (nSPS) is 20.9. The number of halogens is 2. The zero-order valence-corrected chi connectivity index (χ0v) is 18.6. The third-order valence-electron chi connectivity index (χ3n) is 6.26. The van der Waals surface area contributed by atoms with Gasteiger partial charge in [0.1, 0.15) is 12.4 Å². The van der Waals surface area contributed by atoms with E-state index in [0.717, 1.165) is 34.5 Å². The molecule has 1 heterocycles. The molecule has 0 spiro atoms. The highest BCUT2D eigenvalue weighted by molar-refractivity contribution is 6.34. The van der Waals surface area contributed by atoms with Gasteiger partial charge >= 0.3 is 5.97 Å². The van der Waals surface area contributed by atoms with Gasteiger partial charge in [-0.1, -0.05) is 65.7 Å². The van der Waals surface area contributed by atoms with Gasteiger partial charge in [-0.3, -0.25) is 0 Å². The van der Waals surface area contributed by atoms with Crippen LogP contribution >= 0.6 is 23.2 Å². The average Bonchev–Trinajstić information content (AvgIpc) is 3.29. The molecule has 1 aliphatic heterocycles. The van der Waals surface area contributed by atoms with Crippen LogP contribution in [0.3, 0.4) is 0 Å². The molecule has 2 N–H and O–H groups in total. The van der Waals surface area contributed by atoms with Crippen molar-refractivity contribution in [2.24, 2.45) is 5.92 Å². The molecule has 0 bridgehead atoms. The van der Waals surface area contributed by atoms with Crippen molar-refractivity contribution < 1.29 is 14.6 Å². The van der Waals surface area contributed by atoms with Crippen LogP contribution in [0.4, 0.5) is 5.69 Å². The zero-order chi connectivity index (χ0) is 22.2. The Morgan fingerprint density at radius 3 is 2.59 bits per heavy atom. The summed E-state index contributed by atoms with van der Waals surface area (Å²) in [5, 5.41) is 14.1. The van der Waals surface area contributed by atoms with Gasteiger partial charge in [-0.2, -0.15) is 0 Å². The molecule has 0 saturated heterocycles. The van der Waals surface area contributed by atoms with Crippen molar-refractivity contribution in [3.63, 3.8) is 0 Å². The summed E-state index contributed by atoms with van der Waals surface area (Å²) in [6.45, 7) is 0.407. The van der Waals surface area contributed by atoms with E-state index in [0.29, 0.717) is 16.7 Å². The minimum atomic E-state index is -0.970. The van der Waals surface area contributed by atoms with Crippen LogP contribution in [0.2, 0.25) is 10.0 Å². The molecule has 4 nitrogen and oxygen atoms in total. The fourth-order valence-corrected chi connectivity index (χ4v) is 5.13. The lowest BCUT2D eigenvalue weighted by Crippen LogP contribution is -2.29. The number of aromatic carboxylic acids is 1. The number of anilines is 1. The Morgan fingerprint density at radius 1 is 1.06 bits per heavy atom. The maximum Gasteiger partial charge on any atom is 0.335 e. The number of hydrogen-bond donors (Lipinski definition) is 2. The van der Waals surface area contributed by atoms with E-state index in [1.807, 2.05) is 36.4 Å². The first-order valence-electron chi connectivity index (χ1n) is 10.5. The standard InChI is InChI=1S/C26H21Cl2NO3/c27-22-7-2-1-4-16(22)14-32-18-10-8-15(9-11-18)24-20-6-3-5-19(20)21-12-17(26(30)31)13-23(28)25(21)29-24/h1-5,7-13,19-20,24,29H,6,14H2,(H,30,31)/t19-,20+,24+/m1/s1.